The molecule has 2 fully saturated rings. The molecule has 2 heterocycles. The molecule has 160 valence electrons. The Morgan fingerprint density at radius 1 is 1.00 bits per heavy atom. The number of hydrogen-bond acceptors (Lipinski definition) is 4. The van der Waals surface area contributed by atoms with E-state index in [9.17, 15) is 9.18 Å². The summed E-state index contributed by atoms with van der Waals surface area (Å²) in [5, 5.41) is 3.14. The highest BCUT2D eigenvalue weighted by Gasteiger charge is 2.43. The smallest absolute Gasteiger partial charge is 0.231 e. The third-order valence-corrected chi connectivity index (χ3v) is 6.29. The van der Waals surface area contributed by atoms with Crippen molar-refractivity contribution in [2.45, 2.75) is 31.2 Å². The zero-order valence-corrected chi connectivity index (χ0v) is 17.4. The number of ether oxygens (including phenoxy) is 2. The van der Waals surface area contributed by atoms with E-state index in [-0.39, 0.29) is 17.8 Å². The summed E-state index contributed by atoms with van der Waals surface area (Å²) in [7, 11) is 0. The lowest BCUT2D eigenvalue weighted by atomic mass is 9.73. The van der Waals surface area contributed by atoms with Crippen LogP contribution in [0.3, 0.4) is 0 Å². The van der Waals surface area contributed by atoms with Gasteiger partial charge in [-0.2, -0.15) is 0 Å². The zero-order chi connectivity index (χ0) is 21.0. The topological polar surface area (TPSA) is 50.8 Å². The van der Waals surface area contributed by atoms with Gasteiger partial charge in [-0.1, -0.05) is 30.3 Å². The van der Waals surface area contributed by atoms with E-state index in [0.717, 1.165) is 37.6 Å². The molecule has 0 radical (unpaired) electrons. The fraction of sp³-hybridized carbons (Fsp3) is 0.458. The van der Waals surface area contributed by atoms with Crippen molar-refractivity contribution in [3.05, 3.63) is 65.5 Å². The number of benzene rings is 2. The molecular weight excluding hydrogens is 383 g/mol. The van der Waals surface area contributed by atoms with Crippen molar-refractivity contribution in [2.24, 2.45) is 0 Å². The number of carbonyl (C=O) groups is 1. The zero-order valence-electron chi connectivity index (χ0n) is 17.4. The molecule has 2 aromatic rings. The maximum Gasteiger partial charge on any atom is 0.231 e. The van der Waals surface area contributed by atoms with Gasteiger partial charge in [-0.15, -0.1) is 0 Å². The second kappa shape index (κ2) is 9.14. The fourth-order valence-corrected chi connectivity index (χ4v) is 4.40. The van der Waals surface area contributed by atoms with Crippen LogP contribution in [0.15, 0.2) is 48.5 Å². The van der Waals surface area contributed by atoms with E-state index in [1.165, 1.54) is 6.07 Å². The highest BCUT2D eigenvalue weighted by Crippen LogP contribution is 2.37. The molecule has 0 spiro atoms. The quantitative estimate of drug-likeness (QED) is 0.816. The summed E-state index contributed by atoms with van der Waals surface area (Å²) in [6.45, 7) is 6.13. The second-order valence-electron chi connectivity index (χ2n) is 8.06. The van der Waals surface area contributed by atoms with Crippen LogP contribution in [0.25, 0.3) is 0 Å². The number of rotatable bonds is 5. The van der Waals surface area contributed by atoms with Crippen LogP contribution in [0.1, 0.15) is 36.9 Å². The number of hydrogen-bond donors (Lipinski definition) is 1. The minimum atomic E-state index is -0.897. The van der Waals surface area contributed by atoms with Gasteiger partial charge < -0.3 is 19.7 Å². The number of carbonyl (C=O) groups excluding carboxylic acids is 1. The van der Waals surface area contributed by atoms with E-state index in [0.29, 0.717) is 31.6 Å². The van der Waals surface area contributed by atoms with Crippen molar-refractivity contribution in [3.8, 4) is 0 Å². The Bertz CT molecular complexity index is 859. The number of halogens is 1. The number of amides is 1. The van der Waals surface area contributed by atoms with Gasteiger partial charge in [0, 0.05) is 37.6 Å². The van der Waals surface area contributed by atoms with Gasteiger partial charge in [0.2, 0.25) is 5.91 Å². The molecule has 0 unspecified atom stereocenters. The van der Waals surface area contributed by atoms with E-state index in [1.807, 2.05) is 6.92 Å². The Morgan fingerprint density at radius 2 is 1.63 bits per heavy atom. The molecule has 5 nitrogen and oxygen atoms in total. The summed E-state index contributed by atoms with van der Waals surface area (Å²) in [5.74, 6) is -0.474. The van der Waals surface area contributed by atoms with Crippen LogP contribution < -0.4 is 10.2 Å². The minimum absolute atomic E-state index is 0.138. The van der Waals surface area contributed by atoms with E-state index in [2.05, 4.69) is 34.5 Å². The Balaban J connectivity index is 1.50. The van der Waals surface area contributed by atoms with E-state index >= 15 is 0 Å². The number of anilines is 1. The number of nitrogens with one attached hydrogen (secondary N) is 1. The van der Waals surface area contributed by atoms with Crippen LogP contribution in [-0.2, 0) is 19.7 Å². The van der Waals surface area contributed by atoms with E-state index in [4.69, 9.17) is 9.47 Å². The van der Waals surface area contributed by atoms with E-state index in [1.54, 1.807) is 18.2 Å². The lowest BCUT2D eigenvalue weighted by molar-refractivity contribution is -0.131. The predicted octanol–water partition coefficient (Wildman–Crippen LogP) is 3.59. The summed E-state index contributed by atoms with van der Waals surface area (Å²) in [5.41, 5.74) is 1.75. The van der Waals surface area contributed by atoms with Crippen LogP contribution in [0, 0.1) is 5.82 Å². The Hall–Kier alpha value is -2.44. The number of morpholine rings is 1. The molecule has 2 aliphatic rings. The first-order chi connectivity index (χ1) is 14.6. The van der Waals surface area contributed by atoms with Crippen molar-refractivity contribution in [3.63, 3.8) is 0 Å². The molecule has 4 rings (SSSR count). The molecule has 6 heteroatoms. The van der Waals surface area contributed by atoms with Crippen LogP contribution in [0.2, 0.25) is 0 Å². The van der Waals surface area contributed by atoms with Gasteiger partial charge >= 0.3 is 0 Å². The summed E-state index contributed by atoms with van der Waals surface area (Å²) >= 11 is 0. The summed E-state index contributed by atoms with van der Waals surface area (Å²) in [6, 6.07) is 14.7. The Morgan fingerprint density at radius 3 is 2.30 bits per heavy atom. The van der Waals surface area contributed by atoms with Gasteiger partial charge in [0.15, 0.2) is 0 Å². The molecule has 0 saturated carbocycles. The molecule has 2 aliphatic heterocycles. The molecule has 0 bridgehead atoms. The average molecular weight is 413 g/mol. The van der Waals surface area contributed by atoms with Gasteiger partial charge in [-0.3, -0.25) is 4.79 Å². The Labute approximate surface area is 177 Å². The van der Waals surface area contributed by atoms with Crippen LogP contribution >= 0.6 is 0 Å². The van der Waals surface area contributed by atoms with Crippen molar-refractivity contribution in [1.29, 1.82) is 0 Å². The molecular formula is C24H29FN2O3. The average Bonchev–Trinajstić information content (AvgIpc) is 2.80. The van der Waals surface area contributed by atoms with Crippen molar-refractivity contribution < 1.29 is 18.7 Å². The first-order valence-corrected chi connectivity index (χ1v) is 10.7. The van der Waals surface area contributed by atoms with Gasteiger partial charge in [-0.05, 0) is 43.5 Å². The van der Waals surface area contributed by atoms with E-state index < -0.39 is 5.41 Å². The fourth-order valence-electron chi connectivity index (χ4n) is 4.40. The SMILES string of the molecule is C[C@@H](NC(=O)C1(c2ccccc2F)CCOCC1)c1ccc(N2CCOCC2)cc1. The third kappa shape index (κ3) is 4.20. The lowest BCUT2D eigenvalue weighted by Crippen LogP contribution is -2.49. The molecule has 2 saturated heterocycles. The molecule has 1 atom stereocenters. The molecule has 2 aromatic carbocycles. The van der Waals surface area contributed by atoms with Crippen molar-refractivity contribution in [2.75, 3.05) is 44.4 Å². The molecule has 30 heavy (non-hydrogen) atoms. The molecule has 0 aliphatic carbocycles. The monoisotopic (exact) mass is 412 g/mol. The van der Waals surface area contributed by atoms with Gasteiger partial charge in [0.05, 0.1) is 24.7 Å². The highest BCUT2D eigenvalue weighted by atomic mass is 19.1. The van der Waals surface area contributed by atoms with Crippen LogP contribution in [0.4, 0.5) is 10.1 Å². The standard InChI is InChI=1S/C24H29FN2O3/c1-18(19-6-8-20(9-7-19)27-12-16-30-17-13-27)26-23(28)24(10-14-29-15-11-24)21-4-2-3-5-22(21)25/h2-9,18H,10-17H2,1H3,(H,26,28)/t18-/m1/s1. The summed E-state index contributed by atoms with van der Waals surface area (Å²) in [6.07, 6.45) is 0.949. The minimum Gasteiger partial charge on any atom is -0.381 e. The summed E-state index contributed by atoms with van der Waals surface area (Å²) in [4.78, 5) is 15.7. The lowest BCUT2D eigenvalue weighted by Gasteiger charge is -2.37. The third-order valence-electron chi connectivity index (χ3n) is 6.29. The highest BCUT2D eigenvalue weighted by molar-refractivity contribution is 5.88. The molecule has 1 N–H and O–H groups in total. The predicted molar refractivity (Wildman–Crippen MR) is 114 cm³/mol. The van der Waals surface area contributed by atoms with Gasteiger partial charge in [0.1, 0.15) is 5.82 Å². The summed E-state index contributed by atoms with van der Waals surface area (Å²) < 4.78 is 25.5. The first-order valence-electron chi connectivity index (χ1n) is 10.7. The van der Waals surface area contributed by atoms with Crippen LogP contribution in [-0.4, -0.2) is 45.4 Å². The van der Waals surface area contributed by atoms with Crippen molar-refractivity contribution in [1.82, 2.24) is 5.32 Å². The molecule has 1 amide bonds. The largest absolute Gasteiger partial charge is 0.381 e. The van der Waals surface area contributed by atoms with Gasteiger partial charge in [0.25, 0.3) is 0 Å². The first kappa shape index (κ1) is 20.8. The van der Waals surface area contributed by atoms with Gasteiger partial charge in [-0.25, -0.2) is 4.39 Å². The normalized spacial score (nSPS) is 19.9. The second-order valence-corrected chi connectivity index (χ2v) is 8.06. The maximum atomic E-state index is 14.6. The Kier molecular flexibility index (Phi) is 6.35. The van der Waals surface area contributed by atoms with Crippen LogP contribution in [0.5, 0.6) is 0 Å². The number of nitrogens with zero attached hydrogens (tertiary/aromatic N) is 1. The maximum absolute atomic E-state index is 14.6. The van der Waals surface area contributed by atoms with Crippen molar-refractivity contribution >= 4 is 11.6 Å². The molecule has 0 aromatic heterocycles.